The third kappa shape index (κ3) is 3.21. The molecule has 30 heavy (non-hydrogen) atoms. The molecule has 3 heterocycles. The lowest BCUT2D eigenvalue weighted by Crippen LogP contribution is -2.47. The van der Waals surface area contributed by atoms with Crippen molar-refractivity contribution < 1.29 is 9.53 Å². The molecule has 1 spiro atoms. The molecule has 1 aromatic carbocycles. The molecule has 3 aliphatic rings. The van der Waals surface area contributed by atoms with E-state index in [-0.39, 0.29) is 17.6 Å². The lowest BCUT2D eigenvalue weighted by atomic mass is 9.82. The van der Waals surface area contributed by atoms with E-state index in [4.69, 9.17) is 9.73 Å². The molecule has 2 aromatic rings. The van der Waals surface area contributed by atoms with E-state index in [2.05, 4.69) is 48.0 Å². The van der Waals surface area contributed by atoms with Crippen molar-refractivity contribution in [2.24, 2.45) is 4.99 Å². The van der Waals surface area contributed by atoms with Crippen molar-refractivity contribution in [3.8, 4) is 0 Å². The highest BCUT2D eigenvalue weighted by atomic mass is 16.5. The Morgan fingerprint density at radius 2 is 2.00 bits per heavy atom. The minimum Gasteiger partial charge on any atom is -0.381 e. The number of hydrogen-bond donors (Lipinski definition) is 0. The van der Waals surface area contributed by atoms with Gasteiger partial charge in [-0.3, -0.25) is 9.79 Å². The van der Waals surface area contributed by atoms with Crippen LogP contribution in [0.4, 0.5) is 0 Å². The summed E-state index contributed by atoms with van der Waals surface area (Å²) in [6, 6.07) is 12.5. The van der Waals surface area contributed by atoms with Crippen molar-refractivity contribution in [1.29, 1.82) is 0 Å². The highest BCUT2D eigenvalue weighted by Crippen LogP contribution is 2.43. The van der Waals surface area contributed by atoms with Gasteiger partial charge in [0.05, 0.1) is 29.6 Å². The number of carbonyl (C=O) groups excluding carboxylic acids is 1. The first-order valence-corrected chi connectivity index (χ1v) is 10.9. The number of carbonyl (C=O) groups is 1. The van der Waals surface area contributed by atoms with Crippen LogP contribution in [0.1, 0.15) is 42.5 Å². The maximum atomic E-state index is 13.0. The van der Waals surface area contributed by atoms with Gasteiger partial charge >= 0.3 is 0 Å². The first-order chi connectivity index (χ1) is 14.6. The van der Waals surface area contributed by atoms with Crippen LogP contribution in [0.25, 0.3) is 5.70 Å². The summed E-state index contributed by atoms with van der Waals surface area (Å²) in [5, 5.41) is 0. The summed E-state index contributed by atoms with van der Waals surface area (Å²) in [5.74, 6) is 0.218. The average molecular weight is 404 g/mol. The van der Waals surface area contributed by atoms with E-state index in [1.807, 2.05) is 17.0 Å². The minimum atomic E-state index is -0.231. The minimum absolute atomic E-state index is 0.206. The number of piperidine rings is 1. The first kappa shape index (κ1) is 19.3. The van der Waals surface area contributed by atoms with Crippen molar-refractivity contribution in [2.75, 3.05) is 20.2 Å². The Balaban J connectivity index is 1.36. The second-order valence-corrected chi connectivity index (χ2v) is 8.72. The number of aryl methyl sites for hydroxylation is 1. The smallest absolute Gasteiger partial charge is 0.227 e. The number of nitrogens with zero attached hydrogens (tertiary/aromatic N) is 3. The van der Waals surface area contributed by atoms with Gasteiger partial charge in [-0.25, -0.2) is 0 Å². The van der Waals surface area contributed by atoms with E-state index in [9.17, 15) is 4.79 Å². The van der Waals surface area contributed by atoms with Crippen molar-refractivity contribution >= 4 is 17.3 Å². The van der Waals surface area contributed by atoms with Gasteiger partial charge in [-0.1, -0.05) is 30.3 Å². The molecule has 5 rings (SSSR count). The monoisotopic (exact) mass is 403 g/mol. The summed E-state index contributed by atoms with van der Waals surface area (Å²) in [6.07, 6.45) is 8.61. The first-order valence-electron chi connectivity index (χ1n) is 10.9. The maximum absolute atomic E-state index is 13.0. The van der Waals surface area contributed by atoms with E-state index in [1.165, 1.54) is 17.0 Å². The fourth-order valence-corrected chi connectivity index (χ4v) is 5.15. The standard InChI is InChI=1S/C25H29N3O2/c1-18-6-3-4-7-19(18)16-24(29)27-14-11-25(12-15-27)23-8-5-13-28(23)22-10-9-20(30-2)17-21(22)26-25/h3-8,10,13,20H,9,11-12,14-17H2,1-2H3. The molecular weight excluding hydrogens is 374 g/mol. The number of aliphatic imine (C=N–C) groups is 1. The molecule has 5 nitrogen and oxygen atoms in total. The predicted molar refractivity (Wildman–Crippen MR) is 119 cm³/mol. The zero-order valence-electron chi connectivity index (χ0n) is 17.8. The number of hydrogen-bond acceptors (Lipinski definition) is 3. The van der Waals surface area contributed by atoms with Gasteiger partial charge in [-0.05, 0) is 49.4 Å². The molecule has 1 atom stereocenters. The Morgan fingerprint density at radius 1 is 1.20 bits per heavy atom. The van der Waals surface area contributed by atoms with Crippen LogP contribution in [-0.2, 0) is 21.5 Å². The van der Waals surface area contributed by atoms with E-state index in [0.717, 1.165) is 50.0 Å². The van der Waals surface area contributed by atoms with Crippen molar-refractivity contribution in [3.63, 3.8) is 0 Å². The van der Waals surface area contributed by atoms with Gasteiger partial charge in [0.25, 0.3) is 0 Å². The van der Waals surface area contributed by atoms with Gasteiger partial charge in [-0.2, -0.15) is 0 Å². The molecule has 2 aliphatic heterocycles. The lowest BCUT2D eigenvalue weighted by Gasteiger charge is -2.44. The number of benzene rings is 1. The Labute approximate surface area is 178 Å². The van der Waals surface area contributed by atoms with E-state index in [0.29, 0.717) is 6.42 Å². The second-order valence-electron chi connectivity index (χ2n) is 8.72. The Hall–Kier alpha value is -2.66. The fourth-order valence-electron chi connectivity index (χ4n) is 5.15. The van der Waals surface area contributed by atoms with Crippen LogP contribution in [0.15, 0.2) is 53.7 Å². The Kier molecular flexibility index (Phi) is 4.86. The molecule has 156 valence electrons. The largest absolute Gasteiger partial charge is 0.381 e. The number of methoxy groups -OCH3 is 1. The molecule has 0 bridgehead atoms. The number of ether oxygens (including phenoxy) is 1. The molecule has 1 aliphatic carbocycles. The molecule has 1 amide bonds. The number of fused-ring (bicyclic) bond motifs is 4. The second kappa shape index (κ2) is 7.55. The van der Waals surface area contributed by atoms with Gasteiger partial charge < -0.3 is 14.2 Å². The quantitative estimate of drug-likeness (QED) is 0.779. The number of allylic oxidation sites excluding steroid dienone is 1. The molecule has 1 aromatic heterocycles. The van der Waals surface area contributed by atoms with Crippen LogP contribution in [0.2, 0.25) is 0 Å². The highest BCUT2D eigenvalue weighted by Gasteiger charge is 2.43. The van der Waals surface area contributed by atoms with Gasteiger partial charge in [0.1, 0.15) is 5.54 Å². The number of aromatic nitrogens is 1. The van der Waals surface area contributed by atoms with Crippen LogP contribution in [-0.4, -0.2) is 47.4 Å². The SMILES string of the molecule is COC1CC=C2C(=NC3(CCN(C(=O)Cc4ccccc4C)CC3)c3cccn32)C1. The van der Waals surface area contributed by atoms with Crippen molar-refractivity contribution in [2.45, 2.75) is 50.7 Å². The summed E-state index contributed by atoms with van der Waals surface area (Å²) >= 11 is 0. The van der Waals surface area contributed by atoms with Gasteiger partial charge in [-0.15, -0.1) is 0 Å². The number of likely N-dealkylation sites (tertiary alicyclic amines) is 1. The normalized spacial score (nSPS) is 22.2. The molecule has 1 unspecified atom stereocenters. The summed E-state index contributed by atoms with van der Waals surface area (Å²) in [4.78, 5) is 20.3. The topological polar surface area (TPSA) is 46.8 Å². The summed E-state index contributed by atoms with van der Waals surface area (Å²) < 4.78 is 7.93. The lowest BCUT2D eigenvalue weighted by molar-refractivity contribution is -0.132. The molecule has 0 radical (unpaired) electrons. The zero-order chi connectivity index (χ0) is 20.7. The molecule has 5 heteroatoms. The van der Waals surface area contributed by atoms with Crippen LogP contribution in [0.5, 0.6) is 0 Å². The van der Waals surface area contributed by atoms with E-state index < -0.39 is 0 Å². The third-order valence-electron chi connectivity index (χ3n) is 7.00. The molecule has 0 saturated carbocycles. The van der Waals surface area contributed by atoms with Crippen LogP contribution >= 0.6 is 0 Å². The van der Waals surface area contributed by atoms with Crippen molar-refractivity contribution in [1.82, 2.24) is 9.47 Å². The van der Waals surface area contributed by atoms with Crippen LogP contribution in [0, 0.1) is 6.92 Å². The highest BCUT2D eigenvalue weighted by molar-refractivity contribution is 6.20. The van der Waals surface area contributed by atoms with Gasteiger partial charge in [0.15, 0.2) is 0 Å². The molecule has 1 fully saturated rings. The van der Waals surface area contributed by atoms with Crippen LogP contribution < -0.4 is 0 Å². The summed E-state index contributed by atoms with van der Waals surface area (Å²) in [6.45, 7) is 3.57. The maximum Gasteiger partial charge on any atom is 0.227 e. The zero-order valence-corrected chi connectivity index (χ0v) is 17.8. The van der Waals surface area contributed by atoms with Gasteiger partial charge in [0.2, 0.25) is 5.91 Å². The van der Waals surface area contributed by atoms with Gasteiger partial charge in [0, 0.05) is 32.8 Å². The molecule has 0 N–H and O–H groups in total. The fraction of sp³-hybridized carbons (Fsp3) is 0.440. The molecular formula is C25H29N3O2. The average Bonchev–Trinajstić information content (AvgIpc) is 3.27. The number of amides is 1. The Bertz CT molecular complexity index is 1020. The van der Waals surface area contributed by atoms with Crippen LogP contribution in [0.3, 0.4) is 0 Å². The number of rotatable bonds is 3. The third-order valence-corrected chi connectivity index (χ3v) is 7.00. The molecule has 1 saturated heterocycles. The predicted octanol–water partition coefficient (Wildman–Crippen LogP) is 3.96. The summed E-state index contributed by atoms with van der Waals surface area (Å²) in [5.41, 5.74) is 5.70. The summed E-state index contributed by atoms with van der Waals surface area (Å²) in [7, 11) is 1.78. The van der Waals surface area contributed by atoms with E-state index >= 15 is 0 Å². The Morgan fingerprint density at radius 3 is 2.77 bits per heavy atom. The van der Waals surface area contributed by atoms with Crippen molar-refractivity contribution in [3.05, 3.63) is 65.5 Å². The van der Waals surface area contributed by atoms with E-state index in [1.54, 1.807) is 7.11 Å².